The molecule has 0 radical (unpaired) electrons. The highest BCUT2D eigenvalue weighted by Gasteiger charge is 2.21. The molecule has 0 aliphatic carbocycles. The lowest BCUT2D eigenvalue weighted by Crippen LogP contribution is -2.44. The van der Waals surface area contributed by atoms with E-state index in [9.17, 15) is 0 Å². The highest BCUT2D eigenvalue weighted by molar-refractivity contribution is 5.11. The Morgan fingerprint density at radius 1 is 0.769 bits per heavy atom. The minimum atomic E-state index is -0.0305. The summed E-state index contributed by atoms with van der Waals surface area (Å²) in [7, 11) is 0. The van der Waals surface area contributed by atoms with Crippen molar-refractivity contribution in [3.63, 3.8) is 0 Å². The van der Waals surface area contributed by atoms with Crippen LogP contribution in [0.2, 0.25) is 0 Å². The van der Waals surface area contributed by atoms with Gasteiger partial charge in [0.2, 0.25) is 0 Å². The van der Waals surface area contributed by atoms with Crippen molar-refractivity contribution in [3.05, 3.63) is 0 Å². The van der Waals surface area contributed by atoms with Crippen LogP contribution in [0.3, 0.4) is 0 Å². The van der Waals surface area contributed by atoms with E-state index in [1.54, 1.807) is 0 Å². The zero-order chi connectivity index (χ0) is 10.4. The third kappa shape index (κ3) is 2.87. The van der Waals surface area contributed by atoms with Crippen LogP contribution in [0.4, 0.5) is 0 Å². The Morgan fingerprint density at radius 3 is 1.15 bits per heavy atom. The molecule has 0 spiro atoms. The van der Waals surface area contributed by atoms with E-state index in [-0.39, 0.29) is 18.1 Å². The summed E-state index contributed by atoms with van der Waals surface area (Å²) >= 11 is 0. The SMILES string of the molecule is C#CC(C)N(C(C)C#C)C(C)C#C. The Kier molecular flexibility index (Phi) is 4.76. The highest BCUT2D eigenvalue weighted by Crippen LogP contribution is 2.09. The van der Waals surface area contributed by atoms with Gasteiger partial charge in [0.25, 0.3) is 0 Å². The maximum absolute atomic E-state index is 5.33. The van der Waals surface area contributed by atoms with Crippen LogP contribution < -0.4 is 0 Å². The van der Waals surface area contributed by atoms with Gasteiger partial charge in [0.1, 0.15) is 0 Å². The standard InChI is InChI=1S/C12H15N/c1-7-10(4)13(11(5)8-2)12(6)9-3/h1-3,10-12H,4-6H3. The van der Waals surface area contributed by atoms with Crippen molar-refractivity contribution in [1.29, 1.82) is 0 Å². The summed E-state index contributed by atoms with van der Waals surface area (Å²) in [5.41, 5.74) is 0. The molecule has 1 heteroatoms. The molecule has 0 N–H and O–H groups in total. The molecule has 0 saturated carbocycles. The first-order chi connectivity index (χ1) is 6.08. The lowest BCUT2D eigenvalue weighted by atomic mass is 10.1. The molecule has 0 amide bonds. The van der Waals surface area contributed by atoms with E-state index in [2.05, 4.69) is 17.8 Å². The first-order valence-electron chi connectivity index (χ1n) is 4.24. The largest absolute Gasteiger partial charge is 0.263 e. The van der Waals surface area contributed by atoms with Gasteiger partial charge in [0, 0.05) is 0 Å². The molecule has 1 nitrogen and oxygen atoms in total. The summed E-state index contributed by atoms with van der Waals surface area (Å²) in [6.07, 6.45) is 16.0. The molecule has 3 atom stereocenters. The molecule has 0 aliphatic rings. The third-order valence-electron chi connectivity index (χ3n) is 2.07. The number of hydrogen-bond acceptors (Lipinski definition) is 1. The summed E-state index contributed by atoms with van der Waals surface area (Å²) in [6.45, 7) is 5.76. The van der Waals surface area contributed by atoms with E-state index in [4.69, 9.17) is 19.3 Å². The van der Waals surface area contributed by atoms with Gasteiger partial charge in [-0.05, 0) is 20.8 Å². The first kappa shape index (κ1) is 11.6. The molecular formula is C12H15N. The van der Waals surface area contributed by atoms with Crippen molar-refractivity contribution in [2.75, 3.05) is 0 Å². The van der Waals surface area contributed by atoms with Crippen LogP contribution in [0, 0.1) is 37.0 Å². The normalized spacial score (nSPS) is 16.4. The average Bonchev–Trinajstić information content (AvgIpc) is 2.16. The fraction of sp³-hybridized carbons (Fsp3) is 0.500. The topological polar surface area (TPSA) is 3.24 Å². The predicted octanol–water partition coefficient (Wildman–Crippen LogP) is 1.35. The van der Waals surface area contributed by atoms with Crippen molar-refractivity contribution < 1.29 is 0 Å². The van der Waals surface area contributed by atoms with Crippen LogP contribution in [0.5, 0.6) is 0 Å². The van der Waals surface area contributed by atoms with Crippen molar-refractivity contribution >= 4 is 0 Å². The van der Waals surface area contributed by atoms with Crippen LogP contribution in [0.15, 0.2) is 0 Å². The van der Waals surface area contributed by atoms with Gasteiger partial charge in [-0.3, -0.25) is 4.90 Å². The zero-order valence-electron chi connectivity index (χ0n) is 8.41. The molecule has 0 saturated heterocycles. The quantitative estimate of drug-likeness (QED) is 0.582. The van der Waals surface area contributed by atoms with Crippen molar-refractivity contribution in [3.8, 4) is 37.0 Å². The van der Waals surface area contributed by atoms with Crippen molar-refractivity contribution in [2.24, 2.45) is 0 Å². The fourth-order valence-corrected chi connectivity index (χ4v) is 1.26. The van der Waals surface area contributed by atoms with Crippen LogP contribution in [-0.2, 0) is 0 Å². The van der Waals surface area contributed by atoms with Crippen LogP contribution in [0.25, 0.3) is 0 Å². The Balaban J connectivity index is 4.71. The van der Waals surface area contributed by atoms with E-state index in [1.165, 1.54) is 0 Å². The average molecular weight is 173 g/mol. The molecule has 0 aromatic rings. The summed E-state index contributed by atoms with van der Waals surface area (Å²) in [5, 5.41) is 0. The molecule has 0 aromatic carbocycles. The number of hydrogen-bond donors (Lipinski definition) is 0. The fourth-order valence-electron chi connectivity index (χ4n) is 1.26. The third-order valence-corrected chi connectivity index (χ3v) is 2.07. The Labute approximate surface area is 81.5 Å². The molecule has 0 fully saturated rings. The molecule has 0 rings (SSSR count). The lowest BCUT2D eigenvalue weighted by Gasteiger charge is -2.31. The number of nitrogens with zero attached hydrogens (tertiary/aromatic N) is 1. The molecule has 13 heavy (non-hydrogen) atoms. The molecule has 0 aliphatic heterocycles. The summed E-state index contributed by atoms with van der Waals surface area (Å²) < 4.78 is 0. The summed E-state index contributed by atoms with van der Waals surface area (Å²) in [5.74, 6) is 7.89. The van der Waals surface area contributed by atoms with Gasteiger partial charge < -0.3 is 0 Å². The Hall–Kier alpha value is -1.36. The second-order valence-electron chi connectivity index (χ2n) is 2.98. The summed E-state index contributed by atoms with van der Waals surface area (Å²) in [6, 6.07) is -0.0914. The predicted molar refractivity (Wildman–Crippen MR) is 56.7 cm³/mol. The Bertz CT molecular complexity index is 223. The monoisotopic (exact) mass is 173 g/mol. The van der Waals surface area contributed by atoms with E-state index in [0.717, 1.165) is 0 Å². The van der Waals surface area contributed by atoms with Gasteiger partial charge >= 0.3 is 0 Å². The molecule has 68 valence electrons. The van der Waals surface area contributed by atoms with Gasteiger partial charge in [0.15, 0.2) is 0 Å². The van der Waals surface area contributed by atoms with Gasteiger partial charge in [-0.1, -0.05) is 17.8 Å². The van der Waals surface area contributed by atoms with E-state index < -0.39 is 0 Å². The smallest absolute Gasteiger partial charge is 0.0704 e. The maximum Gasteiger partial charge on any atom is 0.0704 e. The van der Waals surface area contributed by atoms with Gasteiger partial charge in [-0.25, -0.2) is 0 Å². The molecular weight excluding hydrogens is 158 g/mol. The molecule has 0 heterocycles. The number of rotatable bonds is 3. The van der Waals surface area contributed by atoms with Crippen molar-refractivity contribution in [2.45, 2.75) is 38.9 Å². The van der Waals surface area contributed by atoms with Gasteiger partial charge in [-0.15, -0.1) is 19.3 Å². The van der Waals surface area contributed by atoms with E-state index >= 15 is 0 Å². The van der Waals surface area contributed by atoms with Crippen LogP contribution in [-0.4, -0.2) is 23.0 Å². The van der Waals surface area contributed by atoms with Crippen LogP contribution >= 0.6 is 0 Å². The van der Waals surface area contributed by atoms with Crippen molar-refractivity contribution in [1.82, 2.24) is 4.90 Å². The van der Waals surface area contributed by atoms with E-state index in [1.807, 2.05) is 25.7 Å². The Morgan fingerprint density at radius 2 is 1.00 bits per heavy atom. The first-order valence-corrected chi connectivity index (χ1v) is 4.24. The maximum atomic E-state index is 5.33. The minimum absolute atomic E-state index is 0.0305. The molecule has 3 unspecified atom stereocenters. The lowest BCUT2D eigenvalue weighted by molar-refractivity contribution is 0.196. The second kappa shape index (κ2) is 5.31. The van der Waals surface area contributed by atoms with Gasteiger partial charge in [0.05, 0.1) is 18.1 Å². The van der Waals surface area contributed by atoms with Gasteiger partial charge in [-0.2, -0.15) is 0 Å². The number of terminal acetylenes is 3. The molecule has 0 aromatic heterocycles. The zero-order valence-corrected chi connectivity index (χ0v) is 8.41. The minimum Gasteiger partial charge on any atom is -0.263 e. The summed E-state index contributed by atoms with van der Waals surface area (Å²) in [4.78, 5) is 1.96. The molecule has 0 bridgehead atoms. The van der Waals surface area contributed by atoms with E-state index in [0.29, 0.717) is 0 Å². The highest BCUT2D eigenvalue weighted by atomic mass is 15.2. The van der Waals surface area contributed by atoms with Crippen LogP contribution in [0.1, 0.15) is 20.8 Å². The second-order valence-corrected chi connectivity index (χ2v) is 2.98.